The normalized spacial score (nSPS) is 17.0. The number of ether oxygens (including phenoxy) is 2. The summed E-state index contributed by atoms with van der Waals surface area (Å²) in [6, 6.07) is 10.0. The maximum atomic E-state index is 11.5. The molecule has 37 heavy (non-hydrogen) atoms. The molecule has 208 valence electrons. The van der Waals surface area contributed by atoms with Crippen LogP contribution < -0.4 is 16.0 Å². The van der Waals surface area contributed by atoms with E-state index in [0.29, 0.717) is 19.4 Å². The van der Waals surface area contributed by atoms with Crippen LogP contribution in [0, 0.1) is 0 Å². The maximum absolute atomic E-state index is 11.5. The third-order valence-corrected chi connectivity index (χ3v) is 6.86. The van der Waals surface area contributed by atoms with E-state index in [1.165, 1.54) is 71.3 Å². The van der Waals surface area contributed by atoms with Crippen molar-refractivity contribution in [2.45, 2.75) is 108 Å². The number of methoxy groups -OCH3 is 1. The fraction of sp³-hybridized carbons (Fsp3) is 0.679. The molecule has 0 heterocycles. The van der Waals surface area contributed by atoms with Crippen LogP contribution >= 0.6 is 0 Å². The van der Waals surface area contributed by atoms with Crippen LogP contribution in [0.15, 0.2) is 30.3 Å². The lowest BCUT2D eigenvalue weighted by atomic mass is 9.91. The first-order chi connectivity index (χ1) is 18.0. The SMILES string of the molecule is C1CCC(NC2CCCCC2)CC1.COC(=O)NC(CCCCNC(=O)OCc1ccccc1)C(=O)O. The summed E-state index contributed by atoms with van der Waals surface area (Å²) in [5.74, 6) is -1.13. The Bertz CT molecular complexity index is 763. The Kier molecular flexibility index (Phi) is 15.2. The summed E-state index contributed by atoms with van der Waals surface area (Å²) in [5, 5.41) is 17.7. The van der Waals surface area contributed by atoms with Gasteiger partial charge >= 0.3 is 18.2 Å². The van der Waals surface area contributed by atoms with Crippen LogP contribution in [0.1, 0.15) is 89.0 Å². The van der Waals surface area contributed by atoms with Gasteiger partial charge in [0, 0.05) is 18.6 Å². The molecule has 1 aromatic carbocycles. The van der Waals surface area contributed by atoms with Gasteiger partial charge in [-0.2, -0.15) is 0 Å². The van der Waals surface area contributed by atoms with Gasteiger partial charge in [-0.1, -0.05) is 68.9 Å². The molecule has 3 rings (SSSR count). The molecule has 1 unspecified atom stereocenters. The molecule has 0 aromatic heterocycles. The van der Waals surface area contributed by atoms with Crippen molar-refractivity contribution in [2.24, 2.45) is 0 Å². The number of aliphatic carboxylic acids is 1. The Morgan fingerprint density at radius 2 is 1.49 bits per heavy atom. The van der Waals surface area contributed by atoms with E-state index in [-0.39, 0.29) is 13.0 Å². The number of unbranched alkanes of at least 4 members (excludes halogenated alkanes) is 1. The number of carboxylic acids is 1. The summed E-state index contributed by atoms with van der Waals surface area (Å²) in [4.78, 5) is 33.5. The fourth-order valence-electron chi connectivity index (χ4n) is 4.77. The van der Waals surface area contributed by atoms with E-state index in [1.807, 2.05) is 30.3 Å². The van der Waals surface area contributed by atoms with Gasteiger partial charge in [0.05, 0.1) is 7.11 Å². The number of alkyl carbamates (subject to hydrolysis) is 2. The zero-order valence-corrected chi connectivity index (χ0v) is 22.2. The molecule has 9 nitrogen and oxygen atoms in total. The second-order valence-electron chi connectivity index (χ2n) is 9.85. The summed E-state index contributed by atoms with van der Waals surface area (Å²) in [6.07, 6.45) is 14.6. The van der Waals surface area contributed by atoms with E-state index in [0.717, 1.165) is 17.6 Å². The predicted octanol–water partition coefficient (Wildman–Crippen LogP) is 5.13. The minimum Gasteiger partial charge on any atom is -0.480 e. The molecule has 1 atom stereocenters. The average Bonchev–Trinajstić information content (AvgIpc) is 2.93. The molecule has 1 aromatic rings. The van der Waals surface area contributed by atoms with E-state index in [9.17, 15) is 14.4 Å². The van der Waals surface area contributed by atoms with Crippen LogP contribution in [0.2, 0.25) is 0 Å². The summed E-state index contributed by atoms with van der Waals surface area (Å²) < 4.78 is 9.41. The topological polar surface area (TPSA) is 126 Å². The van der Waals surface area contributed by atoms with Crippen molar-refractivity contribution in [3.63, 3.8) is 0 Å². The largest absolute Gasteiger partial charge is 0.480 e. The van der Waals surface area contributed by atoms with Gasteiger partial charge in [0.15, 0.2) is 0 Å². The third-order valence-electron chi connectivity index (χ3n) is 6.86. The Morgan fingerprint density at radius 3 is 2.03 bits per heavy atom. The molecule has 2 saturated carbocycles. The van der Waals surface area contributed by atoms with E-state index < -0.39 is 24.2 Å². The van der Waals surface area contributed by atoms with E-state index in [2.05, 4.69) is 20.7 Å². The molecule has 4 N–H and O–H groups in total. The van der Waals surface area contributed by atoms with Crippen molar-refractivity contribution in [3.8, 4) is 0 Å². The molecular weight excluding hydrogens is 474 g/mol. The first-order valence-electron chi connectivity index (χ1n) is 13.8. The van der Waals surface area contributed by atoms with Gasteiger partial charge < -0.3 is 30.5 Å². The highest BCUT2D eigenvalue weighted by Gasteiger charge is 2.20. The van der Waals surface area contributed by atoms with Gasteiger partial charge in [-0.15, -0.1) is 0 Å². The molecule has 0 bridgehead atoms. The van der Waals surface area contributed by atoms with Crippen molar-refractivity contribution in [1.29, 1.82) is 0 Å². The summed E-state index contributed by atoms with van der Waals surface area (Å²) in [7, 11) is 1.17. The van der Waals surface area contributed by atoms with Crippen LogP contribution in [-0.2, 0) is 20.9 Å². The lowest BCUT2D eigenvalue weighted by Crippen LogP contribution is -2.40. The van der Waals surface area contributed by atoms with Gasteiger partial charge in [-0.25, -0.2) is 14.4 Å². The second kappa shape index (κ2) is 18.4. The highest BCUT2D eigenvalue weighted by atomic mass is 16.5. The highest BCUT2D eigenvalue weighted by Crippen LogP contribution is 2.22. The minimum absolute atomic E-state index is 0.191. The first-order valence-corrected chi connectivity index (χ1v) is 13.8. The first kappa shape index (κ1) is 30.4. The lowest BCUT2D eigenvalue weighted by Gasteiger charge is -2.30. The number of carbonyl (C=O) groups excluding carboxylic acids is 2. The zero-order chi connectivity index (χ0) is 26.7. The quantitative estimate of drug-likeness (QED) is 0.298. The van der Waals surface area contributed by atoms with Crippen molar-refractivity contribution in [3.05, 3.63) is 35.9 Å². The number of hydrogen-bond acceptors (Lipinski definition) is 6. The molecule has 2 aliphatic carbocycles. The van der Waals surface area contributed by atoms with E-state index in [4.69, 9.17) is 9.84 Å². The Labute approximate surface area is 221 Å². The number of carbonyl (C=O) groups is 3. The summed E-state index contributed by atoms with van der Waals surface area (Å²) in [6.45, 7) is 0.551. The third kappa shape index (κ3) is 13.9. The number of rotatable bonds is 11. The molecular formula is C28H45N3O6. The van der Waals surface area contributed by atoms with Gasteiger partial charge in [0.2, 0.25) is 0 Å². The fourth-order valence-corrected chi connectivity index (χ4v) is 4.77. The number of carboxylic acid groups (broad SMARTS) is 1. The number of amides is 2. The van der Waals surface area contributed by atoms with Gasteiger partial charge in [0.1, 0.15) is 12.6 Å². The summed E-state index contributed by atoms with van der Waals surface area (Å²) in [5.41, 5.74) is 0.894. The molecule has 9 heteroatoms. The zero-order valence-electron chi connectivity index (χ0n) is 22.2. The number of nitrogens with one attached hydrogen (secondary N) is 3. The van der Waals surface area contributed by atoms with Gasteiger partial charge in [-0.05, 0) is 50.5 Å². The standard InChI is InChI=1S/C16H22N2O6.C12H23N/c1-23-16(22)18-13(14(19)20)9-5-6-10-17-15(21)24-11-12-7-3-2-4-8-12;1-3-7-11(8-4-1)13-12-9-5-2-6-10-12/h2-4,7-8,13H,5-6,9-11H2,1H3,(H,17,21)(H,18,22)(H,19,20);11-13H,1-10H2. The van der Waals surface area contributed by atoms with Crippen molar-refractivity contribution in [1.82, 2.24) is 16.0 Å². The van der Waals surface area contributed by atoms with Crippen LogP contribution in [0.3, 0.4) is 0 Å². The second-order valence-corrected chi connectivity index (χ2v) is 9.85. The minimum atomic E-state index is -1.13. The Hall–Kier alpha value is -2.81. The predicted molar refractivity (Wildman–Crippen MR) is 142 cm³/mol. The average molecular weight is 520 g/mol. The van der Waals surface area contributed by atoms with Crippen LogP contribution in [0.4, 0.5) is 9.59 Å². The van der Waals surface area contributed by atoms with Gasteiger partial charge in [0.25, 0.3) is 0 Å². The van der Waals surface area contributed by atoms with Gasteiger partial charge in [-0.3, -0.25) is 0 Å². The van der Waals surface area contributed by atoms with Crippen LogP contribution in [-0.4, -0.2) is 55.0 Å². The highest BCUT2D eigenvalue weighted by molar-refractivity contribution is 5.79. The molecule has 2 aliphatic rings. The van der Waals surface area contributed by atoms with E-state index >= 15 is 0 Å². The molecule has 2 fully saturated rings. The molecule has 0 spiro atoms. The maximum Gasteiger partial charge on any atom is 0.407 e. The summed E-state index contributed by atoms with van der Waals surface area (Å²) >= 11 is 0. The Morgan fingerprint density at radius 1 is 0.892 bits per heavy atom. The van der Waals surface area contributed by atoms with Crippen molar-refractivity contribution in [2.75, 3.05) is 13.7 Å². The van der Waals surface area contributed by atoms with Crippen molar-refractivity contribution < 1.29 is 29.0 Å². The Balaban J connectivity index is 0.000000308. The van der Waals surface area contributed by atoms with Crippen LogP contribution in [0.25, 0.3) is 0 Å². The number of hydrogen-bond donors (Lipinski definition) is 4. The molecule has 2 amide bonds. The monoisotopic (exact) mass is 519 g/mol. The number of benzene rings is 1. The smallest absolute Gasteiger partial charge is 0.407 e. The molecule has 0 aliphatic heterocycles. The lowest BCUT2D eigenvalue weighted by molar-refractivity contribution is -0.139. The molecule has 0 radical (unpaired) electrons. The van der Waals surface area contributed by atoms with Crippen LogP contribution in [0.5, 0.6) is 0 Å². The molecule has 0 saturated heterocycles. The van der Waals surface area contributed by atoms with E-state index in [1.54, 1.807) is 0 Å². The van der Waals surface area contributed by atoms with Crippen molar-refractivity contribution >= 4 is 18.2 Å².